The Morgan fingerprint density at radius 1 is 0.909 bits per heavy atom. The van der Waals surface area contributed by atoms with Crippen LogP contribution in [0, 0.1) is 0 Å². The van der Waals surface area contributed by atoms with E-state index in [1.165, 1.54) is 0 Å². The normalized spacial score (nSPS) is 16.4. The predicted molar refractivity (Wildman–Crippen MR) is 84.2 cm³/mol. The van der Waals surface area contributed by atoms with Crippen molar-refractivity contribution in [2.75, 3.05) is 21.3 Å². The van der Waals surface area contributed by atoms with Crippen LogP contribution in [0.5, 0.6) is 23.0 Å². The van der Waals surface area contributed by atoms with Crippen LogP contribution >= 0.6 is 0 Å². The molecule has 1 atom stereocenters. The van der Waals surface area contributed by atoms with E-state index in [4.69, 9.17) is 18.9 Å². The highest BCUT2D eigenvalue weighted by Crippen LogP contribution is 2.42. The standard InChI is InChI=1S/C18H20O4/c1-19-13-6-4-12(5-7-13)16-9-8-15-17(21-3)10-14(20-2)11-18(15)22-16/h4-7,10-11,16H,8-9H2,1-3H3/t16-/m0/s1. The molecule has 2 aromatic rings. The molecule has 2 aromatic carbocycles. The summed E-state index contributed by atoms with van der Waals surface area (Å²) in [5.74, 6) is 3.25. The summed E-state index contributed by atoms with van der Waals surface area (Å²) in [4.78, 5) is 0. The van der Waals surface area contributed by atoms with Crippen LogP contribution in [-0.4, -0.2) is 21.3 Å². The third-order valence-corrected chi connectivity index (χ3v) is 4.01. The summed E-state index contributed by atoms with van der Waals surface area (Å²) in [7, 11) is 4.98. The van der Waals surface area contributed by atoms with E-state index < -0.39 is 0 Å². The molecule has 0 saturated carbocycles. The molecule has 0 radical (unpaired) electrons. The molecule has 0 N–H and O–H groups in total. The second-order valence-corrected chi connectivity index (χ2v) is 5.22. The lowest BCUT2D eigenvalue weighted by Gasteiger charge is -2.28. The molecule has 0 fully saturated rings. The summed E-state index contributed by atoms with van der Waals surface area (Å²) < 4.78 is 22.1. The van der Waals surface area contributed by atoms with Crippen molar-refractivity contribution in [3.8, 4) is 23.0 Å². The lowest BCUT2D eigenvalue weighted by atomic mass is 9.96. The Labute approximate surface area is 130 Å². The summed E-state index contributed by atoms with van der Waals surface area (Å²) in [5, 5.41) is 0. The van der Waals surface area contributed by atoms with E-state index in [1.807, 2.05) is 36.4 Å². The van der Waals surface area contributed by atoms with Gasteiger partial charge in [0.1, 0.15) is 29.1 Å². The minimum absolute atomic E-state index is 0.0372. The van der Waals surface area contributed by atoms with Crippen LogP contribution in [0.2, 0.25) is 0 Å². The van der Waals surface area contributed by atoms with Crippen molar-refractivity contribution < 1.29 is 18.9 Å². The Balaban J connectivity index is 1.89. The van der Waals surface area contributed by atoms with Gasteiger partial charge >= 0.3 is 0 Å². The third-order valence-electron chi connectivity index (χ3n) is 4.01. The van der Waals surface area contributed by atoms with E-state index in [-0.39, 0.29) is 6.10 Å². The average molecular weight is 300 g/mol. The molecular weight excluding hydrogens is 280 g/mol. The maximum absolute atomic E-state index is 6.18. The van der Waals surface area contributed by atoms with E-state index in [0.29, 0.717) is 0 Å². The Morgan fingerprint density at radius 2 is 1.64 bits per heavy atom. The number of benzene rings is 2. The van der Waals surface area contributed by atoms with Crippen molar-refractivity contribution in [2.24, 2.45) is 0 Å². The van der Waals surface area contributed by atoms with E-state index in [2.05, 4.69) is 0 Å². The molecule has 3 rings (SSSR count). The summed E-state index contributed by atoms with van der Waals surface area (Å²) in [6.45, 7) is 0. The van der Waals surface area contributed by atoms with Crippen LogP contribution in [0.3, 0.4) is 0 Å². The number of methoxy groups -OCH3 is 3. The first-order valence-electron chi connectivity index (χ1n) is 7.30. The van der Waals surface area contributed by atoms with Gasteiger partial charge in [0.15, 0.2) is 0 Å². The van der Waals surface area contributed by atoms with Gasteiger partial charge in [-0.15, -0.1) is 0 Å². The first-order chi connectivity index (χ1) is 10.7. The van der Waals surface area contributed by atoms with Gasteiger partial charge in [-0.05, 0) is 30.5 Å². The minimum Gasteiger partial charge on any atom is -0.497 e. The van der Waals surface area contributed by atoms with E-state index in [0.717, 1.165) is 47.0 Å². The van der Waals surface area contributed by atoms with Crippen molar-refractivity contribution in [2.45, 2.75) is 18.9 Å². The summed E-state index contributed by atoms with van der Waals surface area (Å²) in [6.07, 6.45) is 1.87. The fourth-order valence-electron chi connectivity index (χ4n) is 2.79. The largest absolute Gasteiger partial charge is 0.497 e. The van der Waals surface area contributed by atoms with Gasteiger partial charge in [0.2, 0.25) is 0 Å². The van der Waals surface area contributed by atoms with Crippen LogP contribution in [0.1, 0.15) is 23.7 Å². The summed E-state index contributed by atoms with van der Waals surface area (Å²) in [5.41, 5.74) is 2.25. The maximum atomic E-state index is 6.18. The maximum Gasteiger partial charge on any atom is 0.130 e. The zero-order chi connectivity index (χ0) is 15.5. The topological polar surface area (TPSA) is 36.9 Å². The lowest BCUT2D eigenvalue weighted by Crippen LogP contribution is -2.16. The van der Waals surface area contributed by atoms with E-state index in [9.17, 15) is 0 Å². The Hall–Kier alpha value is -2.36. The number of hydrogen-bond acceptors (Lipinski definition) is 4. The Morgan fingerprint density at radius 3 is 2.27 bits per heavy atom. The van der Waals surface area contributed by atoms with Gasteiger partial charge in [0.05, 0.1) is 21.3 Å². The average Bonchev–Trinajstić information content (AvgIpc) is 2.60. The first-order valence-corrected chi connectivity index (χ1v) is 7.30. The van der Waals surface area contributed by atoms with Gasteiger partial charge in [-0.1, -0.05) is 12.1 Å². The van der Waals surface area contributed by atoms with Crippen molar-refractivity contribution in [1.82, 2.24) is 0 Å². The monoisotopic (exact) mass is 300 g/mol. The summed E-state index contributed by atoms with van der Waals surface area (Å²) >= 11 is 0. The molecule has 22 heavy (non-hydrogen) atoms. The predicted octanol–water partition coefficient (Wildman–Crippen LogP) is 3.78. The van der Waals surface area contributed by atoms with Gasteiger partial charge in [0.25, 0.3) is 0 Å². The first kappa shape index (κ1) is 14.6. The zero-order valence-corrected chi connectivity index (χ0v) is 13.1. The molecular formula is C18H20O4. The molecule has 0 unspecified atom stereocenters. The third kappa shape index (κ3) is 2.69. The Bertz CT molecular complexity index is 649. The van der Waals surface area contributed by atoms with Crippen molar-refractivity contribution >= 4 is 0 Å². The molecule has 0 aliphatic carbocycles. The van der Waals surface area contributed by atoms with Crippen LogP contribution in [0.15, 0.2) is 36.4 Å². The molecule has 0 bridgehead atoms. The van der Waals surface area contributed by atoms with Gasteiger partial charge in [-0.3, -0.25) is 0 Å². The number of rotatable bonds is 4. The van der Waals surface area contributed by atoms with Gasteiger partial charge in [0, 0.05) is 17.7 Å². The van der Waals surface area contributed by atoms with Crippen LogP contribution in [0.25, 0.3) is 0 Å². The molecule has 0 saturated heterocycles. The molecule has 4 nitrogen and oxygen atoms in total. The molecule has 0 spiro atoms. The fraction of sp³-hybridized carbons (Fsp3) is 0.333. The second-order valence-electron chi connectivity index (χ2n) is 5.22. The smallest absolute Gasteiger partial charge is 0.130 e. The molecule has 4 heteroatoms. The fourth-order valence-corrected chi connectivity index (χ4v) is 2.79. The molecule has 1 heterocycles. The molecule has 0 aromatic heterocycles. The van der Waals surface area contributed by atoms with Crippen LogP contribution < -0.4 is 18.9 Å². The van der Waals surface area contributed by atoms with Gasteiger partial charge < -0.3 is 18.9 Å². The lowest BCUT2D eigenvalue weighted by molar-refractivity contribution is 0.173. The highest BCUT2D eigenvalue weighted by atomic mass is 16.5. The number of fused-ring (bicyclic) bond motifs is 1. The van der Waals surface area contributed by atoms with Crippen LogP contribution in [-0.2, 0) is 6.42 Å². The van der Waals surface area contributed by atoms with Gasteiger partial charge in [-0.2, -0.15) is 0 Å². The highest BCUT2D eigenvalue weighted by Gasteiger charge is 2.25. The molecule has 1 aliphatic heterocycles. The number of ether oxygens (including phenoxy) is 4. The summed E-state index contributed by atoms with van der Waals surface area (Å²) in [6, 6.07) is 11.8. The molecule has 0 amide bonds. The molecule has 116 valence electrons. The van der Waals surface area contributed by atoms with Crippen LogP contribution in [0.4, 0.5) is 0 Å². The zero-order valence-electron chi connectivity index (χ0n) is 13.1. The van der Waals surface area contributed by atoms with Crippen molar-refractivity contribution in [1.29, 1.82) is 0 Å². The van der Waals surface area contributed by atoms with E-state index in [1.54, 1.807) is 21.3 Å². The second kappa shape index (κ2) is 6.18. The van der Waals surface area contributed by atoms with Gasteiger partial charge in [-0.25, -0.2) is 0 Å². The highest BCUT2D eigenvalue weighted by molar-refractivity contribution is 5.52. The minimum atomic E-state index is 0.0372. The number of hydrogen-bond donors (Lipinski definition) is 0. The quantitative estimate of drug-likeness (QED) is 0.861. The SMILES string of the molecule is COc1ccc([C@@H]2CCc3c(OC)cc(OC)cc3O2)cc1. The molecule has 1 aliphatic rings. The van der Waals surface area contributed by atoms with Crippen molar-refractivity contribution in [3.63, 3.8) is 0 Å². The van der Waals surface area contributed by atoms with Crippen molar-refractivity contribution in [3.05, 3.63) is 47.5 Å². The Kier molecular flexibility index (Phi) is 4.09. The van der Waals surface area contributed by atoms with E-state index >= 15 is 0 Å².